The van der Waals surface area contributed by atoms with E-state index in [1.807, 2.05) is 0 Å². The Hall–Kier alpha value is -12.3. The number of carboxylic acid groups (broad SMARTS) is 1. The molecule has 43 nitrogen and oxygen atoms in total. The van der Waals surface area contributed by atoms with Crippen LogP contribution < -0.4 is 103 Å². The number of nitro groups is 2. The number of ether oxygens (including phenoxy) is 1. The van der Waals surface area contributed by atoms with Gasteiger partial charge in [-0.25, -0.2) is 4.79 Å². The Morgan fingerprint density at radius 3 is 1.75 bits per heavy atom. The number of likely N-dealkylation sites (tertiary alicyclic amines) is 1. The normalized spacial score (nSPS) is 14.9. The van der Waals surface area contributed by atoms with Gasteiger partial charge in [0.1, 0.15) is 65.4 Å². The number of primary amides is 1. The summed E-state index contributed by atoms with van der Waals surface area (Å²) in [5, 5.41) is 86.0. The molecular formula is C66H99N23O20. The molecule has 1 fully saturated rings. The van der Waals surface area contributed by atoms with Crippen LogP contribution in [-0.4, -0.2) is 209 Å². The van der Waals surface area contributed by atoms with Crippen LogP contribution >= 0.6 is 0 Å². The predicted octanol–water partition coefficient (Wildman–Crippen LogP) is -3.71. The molecule has 1 aromatic heterocycles. The molecule has 2 heterocycles. The van der Waals surface area contributed by atoms with Crippen LogP contribution in [0, 0.1) is 48.3 Å². The first-order chi connectivity index (χ1) is 51.2. The zero-order chi connectivity index (χ0) is 81.6. The summed E-state index contributed by atoms with van der Waals surface area (Å²) in [4.78, 5) is 202. The lowest BCUT2D eigenvalue weighted by atomic mass is 9.84. The van der Waals surface area contributed by atoms with Crippen LogP contribution in [0.15, 0.2) is 51.7 Å². The number of carbonyl (C=O) groups is 12. The van der Waals surface area contributed by atoms with Gasteiger partial charge in [-0.15, -0.1) is 0 Å². The Kier molecular flexibility index (Phi) is 34.9. The maximum atomic E-state index is 14.8. The zero-order valence-electron chi connectivity index (χ0n) is 61.2. The summed E-state index contributed by atoms with van der Waals surface area (Å²) >= 11 is 0. The Bertz CT molecular complexity index is 3930. The minimum Gasteiger partial charge on any atom is -0.497 e. The third-order valence-electron chi connectivity index (χ3n) is 17.1. The Balaban J connectivity index is 1.59. The molecule has 1 aliphatic heterocycles. The van der Waals surface area contributed by atoms with Crippen LogP contribution in [0.3, 0.4) is 0 Å². The number of anilines is 1. The van der Waals surface area contributed by atoms with Crippen LogP contribution in [0.4, 0.5) is 17.1 Å². The van der Waals surface area contributed by atoms with Crippen molar-refractivity contribution < 1.29 is 81.6 Å². The first kappa shape index (κ1) is 89.1. The number of guanidine groups is 3. The average molecular weight is 1530 g/mol. The minimum absolute atomic E-state index is 0.00842. The number of carboxylic acids is 1. The summed E-state index contributed by atoms with van der Waals surface area (Å²) in [6.45, 7) is 6.35. The number of benzene rings is 2. The number of amides is 10. The number of methoxy groups -OCH3 is 1. The van der Waals surface area contributed by atoms with E-state index in [1.54, 1.807) is 39.8 Å². The molecule has 0 spiro atoms. The van der Waals surface area contributed by atoms with E-state index in [2.05, 4.69) is 63.8 Å². The molecule has 9 atom stereocenters. The third-order valence-corrected chi connectivity index (χ3v) is 17.1. The summed E-state index contributed by atoms with van der Waals surface area (Å²) in [5.41, 5.74) is 23.8. The molecule has 4 rings (SSSR count). The van der Waals surface area contributed by atoms with E-state index >= 15 is 0 Å². The summed E-state index contributed by atoms with van der Waals surface area (Å²) in [7, 11) is 1.40. The summed E-state index contributed by atoms with van der Waals surface area (Å²) in [6, 6.07) is -4.18. The molecule has 1 aliphatic rings. The highest BCUT2D eigenvalue weighted by atomic mass is 16.6. The number of ketones is 1. The van der Waals surface area contributed by atoms with Gasteiger partial charge in [0.2, 0.25) is 53.2 Å². The van der Waals surface area contributed by atoms with Gasteiger partial charge >= 0.3 is 11.6 Å². The lowest BCUT2D eigenvalue weighted by Crippen LogP contribution is -2.64. The highest BCUT2D eigenvalue weighted by Gasteiger charge is 2.48. The molecule has 0 radical (unpaired) electrons. The number of hydrogen-bond donors (Lipinski definition) is 21. The Morgan fingerprint density at radius 1 is 0.651 bits per heavy atom. The molecule has 0 unspecified atom stereocenters. The van der Waals surface area contributed by atoms with Crippen molar-refractivity contribution >= 4 is 117 Å². The van der Waals surface area contributed by atoms with E-state index in [0.717, 1.165) is 30.0 Å². The van der Waals surface area contributed by atoms with Crippen molar-refractivity contribution in [1.29, 1.82) is 16.2 Å². The number of rotatable bonds is 46. The Labute approximate surface area is 624 Å². The lowest BCUT2D eigenvalue weighted by Gasteiger charge is -2.34. The van der Waals surface area contributed by atoms with Crippen molar-refractivity contribution in [1.82, 2.24) is 63.4 Å². The third kappa shape index (κ3) is 28.8. The smallest absolute Gasteiger partial charge is 0.336 e. The van der Waals surface area contributed by atoms with Gasteiger partial charge in [-0.2, -0.15) is 0 Å². The van der Waals surface area contributed by atoms with E-state index in [9.17, 15) is 87.7 Å². The molecule has 0 aliphatic carbocycles. The standard InChI is InChI=1S/C66H99N23O20/c1-33(2)25-44(85-61(102)47-13-9-24-87(47)62(103)66(74,20-10-23-77-65(72)73)50(90)27-36-28-53(94)109-49-30-38(108-6)15-16-39(36)49)56(97)79-32-51(91)81-45(26-34(3)4)59(100)86-46(31-78-40-17-14-37(88(104)105)29-48(40)89(106)107)60(101)80-35(5)55(96)83-42(12-8-22-76-64(70)71)57(98)84-43(18-19-52(92)93)58(99)82-41(54(67)95)11-7-21-75-63(68)69/h14-17,28-30,33-35,41-47,78H,7-13,18-27,31-32,74H2,1-6H3,(H2,67,95)(H,79,97)(H,80,101)(H,81,91)(H,82,99)(H,83,96)(H,84,98)(H,85,102)(H,86,100)(H,92,93)(H4,68,69,75)(H4,70,71,76)(H4,72,73,77)/t35-,41+,42-,43+,44-,45-,46-,47-,66-/m0/s1. The van der Waals surface area contributed by atoms with Crippen LogP contribution in [0.5, 0.6) is 5.75 Å². The number of aliphatic carboxylic acids is 1. The summed E-state index contributed by atoms with van der Waals surface area (Å²) < 4.78 is 10.6. The SMILES string of the molecule is COc1ccc2c(CC(=O)[C@@](N)(CCCNC(=N)N)C(=O)N3CCC[C@H]3C(=O)N[C@@H](CC(C)C)C(=O)NCC(=O)N[C@@H](CC(C)C)C(=O)N[C@@H](CNc3ccc([N+](=O)[O-])cc3[N+](=O)[O-])C(=O)N[C@@H](C)C(=O)N[C@@H](CCCNC(=N)N)C(=O)N[C@H](CCC(=O)O)C(=O)N[C@H](CCCNC(=N)N)C(N)=O)cc(=O)oc2c1. The number of carbonyl (C=O) groups excluding carboxylic acids is 11. The highest BCUT2D eigenvalue weighted by molar-refractivity contribution is 6.13. The van der Waals surface area contributed by atoms with Crippen LogP contribution in [0.1, 0.15) is 117 Å². The second-order valence-corrected chi connectivity index (χ2v) is 26.7. The van der Waals surface area contributed by atoms with E-state index in [-0.39, 0.29) is 113 Å². The number of nitro benzene ring substituents is 2. The molecule has 109 heavy (non-hydrogen) atoms. The first-order valence-electron chi connectivity index (χ1n) is 34.8. The van der Waals surface area contributed by atoms with Gasteiger partial charge in [0.15, 0.2) is 29.2 Å². The number of Topliss-reactive ketones (excluding diaryl/α,β-unsaturated/α-hetero) is 1. The summed E-state index contributed by atoms with van der Waals surface area (Å²) in [5.74, 6) is -13.9. The number of nitrogens with one attached hydrogen (secondary N) is 15. The largest absolute Gasteiger partial charge is 0.497 e. The molecule has 0 saturated carbocycles. The quantitative estimate of drug-likeness (QED) is 0.00492. The topological polar surface area (TPSA) is 700 Å². The van der Waals surface area contributed by atoms with Crippen LogP contribution in [0.2, 0.25) is 0 Å². The number of nitrogens with zero attached hydrogens (tertiary/aromatic N) is 3. The van der Waals surface area contributed by atoms with Gasteiger partial charge in [-0.3, -0.25) is 94.0 Å². The van der Waals surface area contributed by atoms with Crippen LogP contribution in [0.25, 0.3) is 11.0 Å². The molecule has 26 N–H and O–H groups in total. The number of nitrogens with two attached hydrogens (primary N) is 5. The molecule has 2 aromatic carbocycles. The lowest BCUT2D eigenvalue weighted by molar-refractivity contribution is -0.393. The van der Waals surface area contributed by atoms with Gasteiger partial charge in [0.05, 0.1) is 29.6 Å². The second-order valence-electron chi connectivity index (χ2n) is 26.7. The van der Waals surface area contributed by atoms with Gasteiger partial charge in [-0.1, -0.05) is 27.7 Å². The molecule has 598 valence electrons. The number of hydrogen-bond acceptors (Lipinski definition) is 24. The predicted molar refractivity (Wildman–Crippen MR) is 392 cm³/mol. The summed E-state index contributed by atoms with van der Waals surface area (Å²) in [6.07, 6.45) is -2.12. The van der Waals surface area contributed by atoms with Gasteiger partial charge < -0.3 is 112 Å². The van der Waals surface area contributed by atoms with Crippen LogP contribution in [-0.2, 0) is 64.0 Å². The molecule has 1 saturated heterocycles. The first-order valence-corrected chi connectivity index (χ1v) is 34.8. The maximum Gasteiger partial charge on any atom is 0.336 e. The average Bonchev–Trinajstić information content (AvgIpc) is 1.77. The second kappa shape index (κ2) is 42.7. The van der Waals surface area contributed by atoms with Gasteiger partial charge in [-0.05, 0) is 113 Å². The zero-order valence-corrected chi connectivity index (χ0v) is 61.2. The monoisotopic (exact) mass is 1530 g/mol. The maximum absolute atomic E-state index is 14.8. The molecule has 3 aromatic rings. The number of non-ortho nitro benzene ring substituents is 1. The highest BCUT2D eigenvalue weighted by Crippen LogP contribution is 2.31. The molecule has 10 amide bonds. The fourth-order valence-electron chi connectivity index (χ4n) is 11.5. The van der Waals surface area contributed by atoms with Crippen molar-refractivity contribution in [3.05, 3.63) is 78.7 Å². The van der Waals surface area contributed by atoms with E-state index in [4.69, 9.17) is 54.1 Å². The number of fused-ring (bicyclic) bond motifs is 1. The molecule has 0 bridgehead atoms. The van der Waals surface area contributed by atoms with E-state index in [1.165, 1.54) is 13.2 Å². The fraction of sp³-hybridized carbons (Fsp3) is 0.545. The van der Waals surface area contributed by atoms with Crippen molar-refractivity contribution in [3.8, 4) is 5.75 Å². The molecule has 43 heteroatoms. The molecular weight excluding hydrogens is 1430 g/mol. The van der Waals surface area contributed by atoms with Crippen molar-refractivity contribution in [2.75, 3.05) is 51.7 Å². The van der Waals surface area contributed by atoms with Crippen molar-refractivity contribution in [2.45, 2.75) is 172 Å². The van der Waals surface area contributed by atoms with Crippen molar-refractivity contribution in [2.24, 2.45) is 40.5 Å². The van der Waals surface area contributed by atoms with E-state index in [0.29, 0.717) is 17.2 Å². The van der Waals surface area contributed by atoms with Gasteiger partial charge in [0, 0.05) is 69.2 Å². The Morgan fingerprint density at radius 2 is 1.19 bits per heavy atom. The van der Waals surface area contributed by atoms with Crippen molar-refractivity contribution in [3.63, 3.8) is 0 Å². The van der Waals surface area contributed by atoms with Gasteiger partial charge in [0.25, 0.3) is 17.3 Å². The fourth-order valence-corrected chi connectivity index (χ4v) is 11.5. The minimum atomic E-state index is -2.32. The van der Waals surface area contributed by atoms with E-state index < -0.39 is 207 Å².